The first-order chi connectivity index (χ1) is 9.08. The SMILES string of the molecule is CC1CC1c1ccc(C(O)c2c(F)cccc2F)o1. The van der Waals surface area contributed by atoms with Gasteiger partial charge in [-0.05, 0) is 36.6 Å². The van der Waals surface area contributed by atoms with E-state index in [-0.39, 0.29) is 11.3 Å². The van der Waals surface area contributed by atoms with Crippen LogP contribution in [0.25, 0.3) is 0 Å². The van der Waals surface area contributed by atoms with Gasteiger partial charge in [0.2, 0.25) is 0 Å². The molecule has 1 fully saturated rings. The zero-order chi connectivity index (χ0) is 13.6. The second-order valence-corrected chi connectivity index (χ2v) is 5.10. The van der Waals surface area contributed by atoms with Crippen molar-refractivity contribution in [3.63, 3.8) is 0 Å². The number of rotatable bonds is 3. The molecule has 100 valence electrons. The monoisotopic (exact) mass is 264 g/mol. The number of halogens is 2. The van der Waals surface area contributed by atoms with Gasteiger partial charge in [0.25, 0.3) is 0 Å². The van der Waals surface area contributed by atoms with Crippen LogP contribution in [0.4, 0.5) is 8.78 Å². The third-order valence-corrected chi connectivity index (χ3v) is 3.67. The molecule has 1 aromatic carbocycles. The summed E-state index contributed by atoms with van der Waals surface area (Å²) in [5.41, 5.74) is -0.368. The third-order valence-electron chi connectivity index (χ3n) is 3.67. The topological polar surface area (TPSA) is 33.4 Å². The molecular formula is C15H14F2O2. The molecule has 0 amide bonds. The van der Waals surface area contributed by atoms with Crippen molar-refractivity contribution >= 4 is 0 Å². The summed E-state index contributed by atoms with van der Waals surface area (Å²) < 4.78 is 32.7. The molecule has 1 N–H and O–H groups in total. The number of aliphatic hydroxyl groups is 1. The minimum Gasteiger partial charge on any atom is -0.463 e. The molecule has 19 heavy (non-hydrogen) atoms. The van der Waals surface area contributed by atoms with Crippen molar-refractivity contribution in [3.8, 4) is 0 Å². The molecule has 1 aromatic heterocycles. The molecule has 0 radical (unpaired) electrons. The zero-order valence-electron chi connectivity index (χ0n) is 10.4. The van der Waals surface area contributed by atoms with Crippen molar-refractivity contribution in [1.82, 2.24) is 0 Å². The van der Waals surface area contributed by atoms with Crippen molar-refractivity contribution in [3.05, 3.63) is 59.1 Å². The smallest absolute Gasteiger partial charge is 0.142 e. The Kier molecular flexibility index (Phi) is 2.90. The largest absolute Gasteiger partial charge is 0.463 e. The Morgan fingerprint density at radius 1 is 1.21 bits per heavy atom. The summed E-state index contributed by atoms with van der Waals surface area (Å²) in [5, 5.41) is 10.1. The molecule has 4 heteroatoms. The molecular weight excluding hydrogens is 250 g/mol. The molecule has 3 unspecified atom stereocenters. The van der Waals surface area contributed by atoms with E-state index in [2.05, 4.69) is 6.92 Å². The number of furan rings is 1. The van der Waals surface area contributed by atoms with E-state index in [1.54, 1.807) is 12.1 Å². The van der Waals surface area contributed by atoms with Gasteiger partial charge in [-0.15, -0.1) is 0 Å². The fraction of sp³-hybridized carbons (Fsp3) is 0.333. The van der Waals surface area contributed by atoms with E-state index in [0.29, 0.717) is 11.8 Å². The minimum atomic E-state index is -1.41. The van der Waals surface area contributed by atoms with Crippen LogP contribution in [0, 0.1) is 17.6 Å². The lowest BCUT2D eigenvalue weighted by Gasteiger charge is -2.10. The van der Waals surface area contributed by atoms with Crippen LogP contribution in [0.3, 0.4) is 0 Å². The maximum Gasteiger partial charge on any atom is 0.142 e. The standard InChI is InChI=1S/C15H14F2O2/c1-8-7-9(8)12-5-6-13(19-12)15(18)14-10(16)3-2-4-11(14)17/h2-6,8-9,15,18H,7H2,1H3. The second-order valence-electron chi connectivity index (χ2n) is 5.10. The molecule has 1 aliphatic carbocycles. The average molecular weight is 264 g/mol. The lowest BCUT2D eigenvalue weighted by Crippen LogP contribution is -2.04. The van der Waals surface area contributed by atoms with Gasteiger partial charge in [0, 0.05) is 5.92 Å². The third kappa shape index (κ3) is 2.16. The van der Waals surface area contributed by atoms with Gasteiger partial charge in [-0.2, -0.15) is 0 Å². The summed E-state index contributed by atoms with van der Waals surface area (Å²) in [4.78, 5) is 0. The quantitative estimate of drug-likeness (QED) is 0.915. The predicted octanol–water partition coefficient (Wildman–Crippen LogP) is 3.76. The molecule has 1 saturated carbocycles. The molecule has 0 spiro atoms. The summed E-state index contributed by atoms with van der Waals surface area (Å²) in [7, 11) is 0. The van der Waals surface area contributed by atoms with E-state index in [9.17, 15) is 13.9 Å². The Labute approximate surface area is 109 Å². The zero-order valence-corrected chi connectivity index (χ0v) is 10.4. The van der Waals surface area contributed by atoms with Crippen LogP contribution < -0.4 is 0 Å². The van der Waals surface area contributed by atoms with E-state index in [1.165, 1.54) is 6.07 Å². The van der Waals surface area contributed by atoms with E-state index in [1.807, 2.05) is 0 Å². The van der Waals surface area contributed by atoms with E-state index < -0.39 is 17.7 Å². The lowest BCUT2D eigenvalue weighted by molar-refractivity contribution is 0.177. The highest BCUT2D eigenvalue weighted by molar-refractivity contribution is 5.29. The van der Waals surface area contributed by atoms with Crippen LogP contribution in [0.1, 0.15) is 42.5 Å². The average Bonchev–Trinajstić information content (AvgIpc) is 2.91. The number of hydrogen-bond donors (Lipinski definition) is 1. The van der Waals surface area contributed by atoms with Crippen LogP contribution in [-0.2, 0) is 0 Å². The molecule has 0 saturated heterocycles. The predicted molar refractivity (Wildman–Crippen MR) is 65.6 cm³/mol. The Bertz CT molecular complexity index is 586. The van der Waals surface area contributed by atoms with Gasteiger partial charge in [0.05, 0.1) is 5.56 Å². The van der Waals surface area contributed by atoms with Crippen molar-refractivity contribution in [2.24, 2.45) is 5.92 Å². The fourth-order valence-corrected chi connectivity index (χ4v) is 2.35. The van der Waals surface area contributed by atoms with Crippen LogP contribution in [-0.4, -0.2) is 5.11 Å². The maximum atomic E-state index is 13.6. The molecule has 1 aliphatic rings. The second kappa shape index (κ2) is 4.46. The Balaban J connectivity index is 1.91. The first-order valence-electron chi connectivity index (χ1n) is 6.29. The van der Waals surface area contributed by atoms with Crippen molar-refractivity contribution in [2.75, 3.05) is 0 Å². The number of aliphatic hydroxyl groups excluding tert-OH is 1. The Hall–Kier alpha value is -1.68. The summed E-state index contributed by atoms with van der Waals surface area (Å²) in [6, 6.07) is 6.85. The highest BCUT2D eigenvalue weighted by Crippen LogP contribution is 2.47. The first-order valence-corrected chi connectivity index (χ1v) is 6.29. The van der Waals surface area contributed by atoms with E-state index >= 15 is 0 Å². The van der Waals surface area contributed by atoms with Crippen molar-refractivity contribution in [1.29, 1.82) is 0 Å². The Morgan fingerprint density at radius 3 is 2.42 bits per heavy atom. The highest BCUT2D eigenvalue weighted by Gasteiger charge is 2.37. The molecule has 3 rings (SSSR count). The van der Waals surface area contributed by atoms with E-state index in [0.717, 1.165) is 24.3 Å². The first kappa shape index (κ1) is 12.4. The van der Waals surface area contributed by atoms with Crippen molar-refractivity contribution in [2.45, 2.75) is 25.4 Å². The minimum absolute atomic E-state index is 0.179. The van der Waals surface area contributed by atoms with Gasteiger partial charge in [0.1, 0.15) is 29.3 Å². The van der Waals surface area contributed by atoms with Gasteiger partial charge in [-0.3, -0.25) is 0 Å². The number of benzene rings is 1. The summed E-state index contributed by atoms with van der Waals surface area (Å²) in [6.45, 7) is 2.11. The molecule has 2 nitrogen and oxygen atoms in total. The van der Waals surface area contributed by atoms with Crippen LogP contribution >= 0.6 is 0 Å². The van der Waals surface area contributed by atoms with Crippen LogP contribution in [0.2, 0.25) is 0 Å². The molecule has 0 bridgehead atoms. The fourth-order valence-electron chi connectivity index (χ4n) is 2.35. The van der Waals surface area contributed by atoms with Gasteiger partial charge >= 0.3 is 0 Å². The summed E-state index contributed by atoms with van der Waals surface area (Å²) in [5.74, 6) is 0.347. The summed E-state index contributed by atoms with van der Waals surface area (Å²) >= 11 is 0. The normalized spacial score (nSPS) is 23.4. The molecule has 0 aliphatic heterocycles. The van der Waals surface area contributed by atoms with Crippen LogP contribution in [0.15, 0.2) is 34.7 Å². The maximum absolute atomic E-state index is 13.6. The van der Waals surface area contributed by atoms with Crippen molar-refractivity contribution < 1.29 is 18.3 Å². The van der Waals surface area contributed by atoms with Crippen LogP contribution in [0.5, 0.6) is 0 Å². The van der Waals surface area contributed by atoms with Gasteiger partial charge in [-0.1, -0.05) is 13.0 Å². The highest BCUT2D eigenvalue weighted by atomic mass is 19.1. The molecule has 1 heterocycles. The lowest BCUT2D eigenvalue weighted by atomic mass is 10.1. The Morgan fingerprint density at radius 2 is 1.84 bits per heavy atom. The van der Waals surface area contributed by atoms with Gasteiger partial charge in [-0.25, -0.2) is 8.78 Å². The summed E-state index contributed by atoms with van der Waals surface area (Å²) in [6.07, 6.45) is -0.360. The van der Waals surface area contributed by atoms with Gasteiger partial charge in [0.15, 0.2) is 0 Å². The molecule has 3 atom stereocenters. The number of hydrogen-bond acceptors (Lipinski definition) is 2. The molecule has 2 aromatic rings. The van der Waals surface area contributed by atoms with Gasteiger partial charge < -0.3 is 9.52 Å². The van der Waals surface area contributed by atoms with E-state index in [4.69, 9.17) is 4.42 Å².